The lowest BCUT2D eigenvalue weighted by molar-refractivity contribution is -0.384. The van der Waals surface area contributed by atoms with Gasteiger partial charge in [-0.1, -0.05) is 19.1 Å². The molecule has 0 atom stereocenters. The zero-order chi connectivity index (χ0) is 24.4. The number of aryl methyl sites for hydroxylation is 1. The molecule has 3 aromatic carbocycles. The first-order valence-electron chi connectivity index (χ1n) is 11.4. The van der Waals surface area contributed by atoms with Crippen LogP contribution in [0.5, 0.6) is 0 Å². The SMILES string of the molecule is CCc1ccc2oc(-c3cccc(NC(=O)c4cc([N+](=O)[O-])ccc4N4CCOCC4)c3)nc2c1. The molecule has 5 rings (SSSR count). The Balaban J connectivity index is 1.44. The van der Waals surface area contributed by atoms with Crippen LogP contribution in [0, 0.1) is 10.1 Å². The summed E-state index contributed by atoms with van der Waals surface area (Å²) < 4.78 is 11.3. The summed E-state index contributed by atoms with van der Waals surface area (Å²) in [6, 6.07) is 17.5. The number of nitrogens with one attached hydrogen (secondary N) is 1. The van der Waals surface area contributed by atoms with Gasteiger partial charge in [-0.3, -0.25) is 14.9 Å². The highest BCUT2D eigenvalue weighted by Gasteiger charge is 2.22. The van der Waals surface area contributed by atoms with Crippen LogP contribution in [0.2, 0.25) is 0 Å². The van der Waals surface area contributed by atoms with E-state index in [0.29, 0.717) is 54.7 Å². The summed E-state index contributed by atoms with van der Waals surface area (Å²) in [5.74, 6) is 0.0196. The molecule has 9 nitrogen and oxygen atoms in total. The molecule has 0 bridgehead atoms. The molecule has 1 aliphatic rings. The number of morpholine rings is 1. The number of anilines is 2. The summed E-state index contributed by atoms with van der Waals surface area (Å²) in [5, 5.41) is 14.2. The third-order valence-electron chi connectivity index (χ3n) is 6.01. The van der Waals surface area contributed by atoms with E-state index < -0.39 is 10.8 Å². The Morgan fingerprint density at radius 2 is 1.94 bits per heavy atom. The van der Waals surface area contributed by atoms with E-state index in [1.54, 1.807) is 24.3 Å². The maximum Gasteiger partial charge on any atom is 0.270 e. The molecule has 0 unspecified atom stereocenters. The van der Waals surface area contributed by atoms with E-state index in [1.807, 2.05) is 29.2 Å². The number of fused-ring (bicyclic) bond motifs is 1. The Labute approximate surface area is 201 Å². The number of carbonyl (C=O) groups is 1. The summed E-state index contributed by atoms with van der Waals surface area (Å²) >= 11 is 0. The lowest BCUT2D eigenvalue weighted by atomic mass is 10.1. The average Bonchev–Trinajstić information content (AvgIpc) is 3.32. The van der Waals surface area contributed by atoms with E-state index in [4.69, 9.17) is 9.15 Å². The van der Waals surface area contributed by atoms with Crippen LogP contribution in [0.25, 0.3) is 22.6 Å². The molecule has 178 valence electrons. The number of oxazole rings is 1. The molecule has 9 heteroatoms. The van der Waals surface area contributed by atoms with Gasteiger partial charge in [0, 0.05) is 36.5 Å². The quantitative estimate of drug-likeness (QED) is 0.309. The highest BCUT2D eigenvalue weighted by Crippen LogP contribution is 2.29. The van der Waals surface area contributed by atoms with Gasteiger partial charge in [0.1, 0.15) is 5.52 Å². The van der Waals surface area contributed by atoms with Gasteiger partial charge < -0.3 is 19.4 Å². The van der Waals surface area contributed by atoms with Gasteiger partial charge in [0.05, 0.1) is 29.4 Å². The lowest BCUT2D eigenvalue weighted by Crippen LogP contribution is -2.37. The number of aromatic nitrogens is 1. The Morgan fingerprint density at radius 1 is 1.11 bits per heavy atom. The number of rotatable bonds is 6. The van der Waals surface area contributed by atoms with Gasteiger partial charge in [-0.25, -0.2) is 4.98 Å². The van der Waals surface area contributed by atoms with Crippen molar-refractivity contribution < 1.29 is 18.9 Å². The van der Waals surface area contributed by atoms with Gasteiger partial charge >= 0.3 is 0 Å². The number of hydrogen-bond acceptors (Lipinski definition) is 7. The summed E-state index contributed by atoms with van der Waals surface area (Å²) in [6.45, 7) is 4.35. The van der Waals surface area contributed by atoms with Crippen LogP contribution in [0.4, 0.5) is 17.1 Å². The highest BCUT2D eigenvalue weighted by molar-refractivity contribution is 6.08. The smallest absolute Gasteiger partial charge is 0.270 e. The molecule has 0 aliphatic carbocycles. The number of nitro benzene ring substituents is 1. The fourth-order valence-corrected chi connectivity index (χ4v) is 4.14. The summed E-state index contributed by atoms with van der Waals surface area (Å²) in [5.41, 5.74) is 4.62. The summed E-state index contributed by atoms with van der Waals surface area (Å²) in [6.07, 6.45) is 0.906. The van der Waals surface area contributed by atoms with Crippen LogP contribution in [-0.2, 0) is 11.2 Å². The maximum absolute atomic E-state index is 13.3. The number of benzene rings is 3. The molecular formula is C26H24N4O5. The first-order chi connectivity index (χ1) is 17.0. The topological polar surface area (TPSA) is 111 Å². The second kappa shape index (κ2) is 9.55. The van der Waals surface area contributed by atoms with Crippen LogP contribution in [0.15, 0.2) is 65.1 Å². The van der Waals surface area contributed by atoms with Crippen LogP contribution >= 0.6 is 0 Å². The van der Waals surface area contributed by atoms with Gasteiger partial charge in [-0.2, -0.15) is 0 Å². The molecule has 1 saturated heterocycles. The Kier molecular flexibility index (Phi) is 6.15. The van der Waals surface area contributed by atoms with Crippen molar-refractivity contribution >= 4 is 34.1 Å². The minimum Gasteiger partial charge on any atom is -0.436 e. The average molecular weight is 473 g/mol. The molecule has 1 fully saturated rings. The molecule has 1 N–H and O–H groups in total. The van der Waals surface area contributed by atoms with E-state index in [1.165, 1.54) is 17.7 Å². The third-order valence-corrected chi connectivity index (χ3v) is 6.01. The van der Waals surface area contributed by atoms with Crippen molar-refractivity contribution in [1.29, 1.82) is 0 Å². The molecule has 1 aliphatic heterocycles. The van der Waals surface area contributed by atoms with E-state index in [2.05, 4.69) is 17.2 Å². The van der Waals surface area contributed by atoms with Crippen molar-refractivity contribution in [1.82, 2.24) is 4.98 Å². The van der Waals surface area contributed by atoms with Crippen molar-refractivity contribution in [3.05, 3.63) is 81.9 Å². The molecule has 1 amide bonds. The number of nitrogens with zero attached hydrogens (tertiary/aromatic N) is 3. The van der Waals surface area contributed by atoms with Crippen LogP contribution in [0.3, 0.4) is 0 Å². The number of ether oxygens (including phenoxy) is 1. The minimum absolute atomic E-state index is 0.140. The molecule has 35 heavy (non-hydrogen) atoms. The van der Waals surface area contributed by atoms with Gasteiger partial charge in [0.25, 0.3) is 11.6 Å². The molecule has 2 heterocycles. The second-order valence-electron chi connectivity index (χ2n) is 8.27. The van der Waals surface area contributed by atoms with E-state index in [-0.39, 0.29) is 11.3 Å². The van der Waals surface area contributed by atoms with Gasteiger partial charge in [0.15, 0.2) is 5.58 Å². The number of hydrogen-bond donors (Lipinski definition) is 1. The van der Waals surface area contributed by atoms with Gasteiger partial charge in [-0.05, 0) is 48.4 Å². The van der Waals surface area contributed by atoms with Crippen molar-refractivity contribution in [3.8, 4) is 11.5 Å². The molecule has 0 radical (unpaired) electrons. The van der Waals surface area contributed by atoms with Crippen molar-refractivity contribution in [2.24, 2.45) is 0 Å². The second-order valence-corrected chi connectivity index (χ2v) is 8.27. The van der Waals surface area contributed by atoms with Crippen molar-refractivity contribution in [2.75, 3.05) is 36.5 Å². The molecule has 0 saturated carbocycles. The first-order valence-corrected chi connectivity index (χ1v) is 11.4. The highest BCUT2D eigenvalue weighted by atomic mass is 16.6. The first kappa shape index (κ1) is 22.5. The molecular weight excluding hydrogens is 448 g/mol. The standard InChI is InChI=1S/C26H24N4O5/c1-2-17-6-9-24-22(14-17)28-26(35-24)18-4-3-5-19(15-18)27-25(31)21-16-20(30(32)33)7-8-23(21)29-10-12-34-13-11-29/h3-9,14-16H,2,10-13H2,1H3,(H,27,31). The van der Waals surface area contributed by atoms with Gasteiger partial charge in [-0.15, -0.1) is 0 Å². The van der Waals surface area contributed by atoms with Crippen LogP contribution in [0.1, 0.15) is 22.8 Å². The predicted molar refractivity (Wildman–Crippen MR) is 133 cm³/mol. The third kappa shape index (κ3) is 4.71. The summed E-state index contributed by atoms with van der Waals surface area (Å²) in [4.78, 5) is 30.7. The van der Waals surface area contributed by atoms with Crippen molar-refractivity contribution in [3.63, 3.8) is 0 Å². The summed E-state index contributed by atoms with van der Waals surface area (Å²) in [7, 11) is 0. The molecule has 0 spiro atoms. The number of carbonyl (C=O) groups excluding carboxylic acids is 1. The van der Waals surface area contributed by atoms with E-state index >= 15 is 0 Å². The Morgan fingerprint density at radius 3 is 2.71 bits per heavy atom. The lowest BCUT2D eigenvalue weighted by Gasteiger charge is -2.30. The van der Waals surface area contributed by atoms with Crippen molar-refractivity contribution in [2.45, 2.75) is 13.3 Å². The number of nitro groups is 1. The van der Waals surface area contributed by atoms with E-state index in [0.717, 1.165) is 11.9 Å². The maximum atomic E-state index is 13.3. The largest absolute Gasteiger partial charge is 0.436 e. The fraction of sp³-hybridized carbons (Fsp3) is 0.231. The number of amides is 1. The van der Waals surface area contributed by atoms with Crippen LogP contribution < -0.4 is 10.2 Å². The number of non-ortho nitro benzene ring substituents is 1. The Bertz CT molecular complexity index is 1410. The zero-order valence-corrected chi connectivity index (χ0v) is 19.2. The Hall–Kier alpha value is -4.24. The predicted octanol–water partition coefficient (Wildman–Crippen LogP) is 5.05. The monoisotopic (exact) mass is 472 g/mol. The van der Waals surface area contributed by atoms with E-state index in [9.17, 15) is 14.9 Å². The van der Waals surface area contributed by atoms with Gasteiger partial charge in [0.2, 0.25) is 5.89 Å². The molecule has 4 aromatic rings. The minimum atomic E-state index is -0.502. The normalized spacial score (nSPS) is 13.7. The zero-order valence-electron chi connectivity index (χ0n) is 19.2. The fourth-order valence-electron chi connectivity index (χ4n) is 4.14. The molecule has 1 aromatic heterocycles. The van der Waals surface area contributed by atoms with Crippen LogP contribution in [-0.4, -0.2) is 42.1 Å².